The fraction of sp³-hybridized carbons (Fsp3) is 0.632. The van der Waals surface area contributed by atoms with Crippen LogP contribution in [0.4, 0.5) is 8.78 Å². The van der Waals surface area contributed by atoms with Crippen molar-refractivity contribution in [2.24, 2.45) is 5.92 Å². The van der Waals surface area contributed by atoms with Crippen LogP contribution in [-0.2, 0) is 11.2 Å². The molecule has 6 heteroatoms. The van der Waals surface area contributed by atoms with Gasteiger partial charge in [-0.2, -0.15) is 0 Å². The van der Waals surface area contributed by atoms with E-state index in [-0.39, 0.29) is 17.9 Å². The Morgan fingerprint density at radius 2 is 2.00 bits per heavy atom. The molecule has 1 saturated carbocycles. The van der Waals surface area contributed by atoms with Crippen LogP contribution in [0.3, 0.4) is 0 Å². The fourth-order valence-corrected chi connectivity index (χ4v) is 3.45. The number of hydrogen-bond donors (Lipinski definition) is 3. The van der Waals surface area contributed by atoms with E-state index < -0.39 is 23.8 Å². The molecule has 1 aromatic rings. The average Bonchev–Trinajstić information content (AvgIpc) is 3.13. The number of β-amino-alcohol motifs (C(OH)–C–C–N with tert-alkyl or cyclic N) is 1. The van der Waals surface area contributed by atoms with E-state index in [1.165, 1.54) is 19.1 Å². The van der Waals surface area contributed by atoms with Crippen LogP contribution in [0.5, 0.6) is 0 Å². The summed E-state index contributed by atoms with van der Waals surface area (Å²) in [5.41, 5.74) is 0.430. The molecule has 4 atom stereocenters. The Hall–Kier alpha value is -1.53. The molecule has 0 aromatic heterocycles. The molecule has 1 aliphatic carbocycles. The topological polar surface area (TPSA) is 61.4 Å². The highest BCUT2D eigenvalue weighted by Crippen LogP contribution is 2.45. The van der Waals surface area contributed by atoms with Gasteiger partial charge in [-0.3, -0.25) is 4.79 Å². The second-order valence-corrected chi connectivity index (χ2v) is 7.34. The summed E-state index contributed by atoms with van der Waals surface area (Å²) in [7, 11) is 0. The van der Waals surface area contributed by atoms with Crippen LogP contribution in [0.2, 0.25) is 0 Å². The van der Waals surface area contributed by atoms with E-state index in [0.717, 1.165) is 25.3 Å². The normalized spacial score (nSPS) is 24.6. The van der Waals surface area contributed by atoms with Gasteiger partial charge in [-0.05, 0) is 49.8 Å². The summed E-state index contributed by atoms with van der Waals surface area (Å²) in [6.07, 6.45) is 2.66. The number of aliphatic hydroxyl groups is 1. The summed E-state index contributed by atoms with van der Waals surface area (Å²) in [6, 6.07) is 2.63. The van der Waals surface area contributed by atoms with E-state index in [1.807, 2.05) is 0 Å². The molecule has 4 nitrogen and oxygen atoms in total. The summed E-state index contributed by atoms with van der Waals surface area (Å²) in [5, 5.41) is 16.6. The van der Waals surface area contributed by atoms with Crippen molar-refractivity contribution in [3.8, 4) is 0 Å². The summed E-state index contributed by atoms with van der Waals surface area (Å²) in [6.45, 7) is 5.96. The van der Waals surface area contributed by atoms with Gasteiger partial charge in [0.15, 0.2) is 0 Å². The Morgan fingerprint density at radius 3 is 2.56 bits per heavy atom. The minimum atomic E-state index is -0.852. The van der Waals surface area contributed by atoms with Crippen molar-refractivity contribution in [1.29, 1.82) is 0 Å². The van der Waals surface area contributed by atoms with Crippen molar-refractivity contribution in [2.45, 2.75) is 64.1 Å². The first-order valence-corrected chi connectivity index (χ1v) is 8.88. The molecule has 4 unspecified atom stereocenters. The van der Waals surface area contributed by atoms with Crippen molar-refractivity contribution in [3.63, 3.8) is 0 Å². The van der Waals surface area contributed by atoms with Gasteiger partial charge in [0.1, 0.15) is 11.6 Å². The number of aliphatic hydroxyl groups excluding tert-OH is 1. The Kier molecular flexibility index (Phi) is 6.52. The smallest absolute Gasteiger partial charge is 0.217 e. The first-order valence-electron chi connectivity index (χ1n) is 8.88. The summed E-state index contributed by atoms with van der Waals surface area (Å²) >= 11 is 0. The zero-order chi connectivity index (χ0) is 18.6. The van der Waals surface area contributed by atoms with Crippen LogP contribution in [0.1, 0.15) is 45.6 Å². The van der Waals surface area contributed by atoms with Crippen molar-refractivity contribution in [2.75, 3.05) is 6.54 Å². The van der Waals surface area contributed by atoms with Gasteiger partial charge in [-0.1, -0.05) is 13.3 Å². The summed E-state index contributed by atoms with van der Waals surface area (Å²) in [4.78, 5) is 11.4. The maximum absolute atomic E-state index is 13.4. The number of halogens is 2. The van der Waals surface area contributed by atoms with E-state index in [0.29, 0.717) is 18.0 Å². The van der Waals surface area contributed by atoms with Gasteiger partial charge in [-0.15, -0.1) is 0 Å². The van der Waals surface area contributed by atoms with Gasteiger partial charge in [0, 0.05) is 25.1 Å². The van der Waals surface area contributed by atoms with E-state index in [2.05, 4.69) is 24.5 Å². The van der Waals surface area contributed by atoms with Crippen LogP contribution < -0.4 is 10.6 Å². The number of benzene rings is 1. The number of carbonyl (C=O) groups is 1. The molecule has 0 bridgehead atoms. The molecular weight excluding hydrogens is 326 g/mol. The predicted molar refractivity (Wildman–Crippen MR) is 93.1 cm³/mol. The van der Waals surface area contributed by atoms with Gasteiger partial charge in [0.2, 0.25) is 5.91 Å². The maximum atomic E-state index is 13.4. The van der Waals surface area contributed by atoms with Gasteiger partial charge >= 0.3 is 0 Å². The molecule has 1 aromatic carbocycles. The second-order valence-electron chi connectivity index (χ2n) is 7.34. The predicted octanol–water partition coefficient (Wildman–Crippen LogP) is 2.54. The molecule has 3 N–H and O–H groups in total. The fourth-order valence-electron chi connectivity index (χ4n) is 3.45. The lowest BCUT2D eigenvalue weighted by Crippen LogP contribution is -2.50. The highest BCUT2D eigenvalue weighted by Gasteiger charge is 2.48. The van der Waals surface area contributed by atoms with Crippen molar-refractivity contribution in [1.82, 2.24) is 10.6 Å². The Balaban J connectivity index is 1.97. The third-order valence-electron chi connectivity index (χ3n) is 4.99. The Bertz CT molecular complexity index is 591. The highest BCUT2D eigenvalue weighted by molar-refractivity contribution is 5.73. The lowest BCUT2D eigenvalue weighted by molar-refractivity contribution is -0.120. The van der Waals surface area contributed by atoms with E-state index in [1.54, 1.807) is 0 Å². The van der Waals surface area contributed by atoms with E-state index >= 15 is 0 Å². The largest absolute Gasteiger partial charge is 0.390 e. The number of hydrogen-bond acceptors (Lipinski definition) is 3. The van der Waals surface area contributed by atoms with Gasteiger partial charge in [-0.25, -0.2) is 8.78 Å². The monoisotopic (exact) mass is 354 g/mol. The third-order valence-corrected chi connectivity index (χ3v) is 4.99. The molecular formula is C19H28F2N2O2. The first-order chi connectivity index (χ1) is 11.7. The van der Waals surface area contributed by atoms with Crippen molar-refractivity contribution >= 4 is 5.91 Å². The van der Waals surface area contributed by atoms with Crippen LogP contribution in [0, 0.1) is 17.6 Å². The molecule has 0 aliphatic heterocycles. The zero-order valence-electron chi connectivity index (χ0n) is 15.1. The standard InChI is InChI=1S/C19H28F2N2O2/c1-4-5-14-10-19(14,3)22-11-18(25)17(23-12(2)24)8-13-6-15(20)9-16(21)7-13/h6-7,9,14,17-18,22,25H,4-5,8,10-11H2,1-3H3,(H,23,24). The molecule has 0 spiro atoms. The Morgan fingerprint density at radius 1 is 1.36 bits per heavy atom. The maximum Gasteiger partial charge on any atom is 0.217 e. The Labute approximate surface area is 148 Å². The van der Waals surface area contributed by atoms with Crippen LogP contribution in [0.15, 0.2) is 18.2 Å². The summed E-state index contributed by atoms with van der Waals surface area (Å²) in [5.74, 6) is -1.02. The highest BCUT2D eigenvalue weighted by atomic mass is 19.1. The summed E-state index contributed by atoms with van der Waals surface area (Å²) < 4.78 is 26.7. The molecule has 0 saturated heterocycles. The van der Waals surface area contributed by atoms with Gasteiger partial charge < -0.3 is 15.7 Å². The third kappa shape index (κ3) is 5.75. The van der Waals surface area contributed by atoms with Crippen LogP contribution in [-0.4, -0.2) is 35.2 Å². The van der Waals surface area contributed by atoms with E-state index in [4.69, 9.17) is 0 Å². The molecule has 25 heavy (non-hydrogen) atoms. The number of amides is 1. The lowest BCUT2D eigenvalue weighted by Gasteiger charge is -2.26. The van der Waals surface area contributed by atoms with Crippen LogP contribution >= 0.6 is 0 Å². The number of carbonyl (C=O) groups excluding carboxylic acids is 1. The molecule has 0 heterocycles. The van der Waals surface area contributed by atoms with Crippen molar-refractivity contribution < 1.29 is 18.7 Å². The molecule has 140 valence electrons. The average molecular weight is 354 g/mol. The molecule has 1 fully saturated rings. The van der Waals surface area contributed by atoms with Crippen LogP contribution in [0.25, 0.3) is 0 Å². The molecule has 0 radical (unpaired) electrons. The SMILES string of the molecule is CCCC1CC1(C)NCC(O)C(Cc1cc(F)cc(F)c1)NC(C)=O. The van der Waals surface area contributed by atoms with E-state index in [9.17, 15) is 18.7 Å². The quantitative estimate of drug-likeness (QED) is 0.639. The second kappa shape index (κ2) is 8.23. The molecule has 1 amide bonds. The zero-order valence-corrected chi connectivity index (χ0v) is 15.1. The minimum Gasteiger partial charge on any atom is -0.390 e. The molecule has 1 aliphatic rings. The lowest BCUT2D eigenvalue weighted by atomic mass is 10.00. The molecule has 2 rings (SSSR count). The number of nitrogens with one attached hydrogen (secondary N) is 2. The number of rotatable bonds is 9. The van der Waals surface area contributed by atoms with Gasteiger partial charge in [0.25, 0.3) is 0 Å². The first kappa shape index (κ1) is 19.8. The van der Waals surface area contributed by atoms with Gasteiger partial charge in [0.05, 0.1) is 12.1 Å². The van der Waals surface area contributed by atoms with Crippen molar-refractivity contribution in [3.05, 3.63) is 35.4 Å². The minimum absolute atomic E-state index is 0.0305.